The maximum atomic E-state index is 2.29. The molecule has 0 aliphatic heterocycles. The molecule has 0 amide bonds. The van der Waals surface area contributed by atoms with E-state index in [1.165, 1.54) is 10.7 Å². The van der Waals surface area contributed by atoms with Crippen molar-refractivity contribution in [3.05, 3.63) is 91.0 Å². The molecule has 0 fully saturated rings. The summed E-state index contributed by atoms with van der Waals surface area (Å²) in [5, 5.41) is 0. The Morgan fingerprint density at radius 2 is 0.583 bits per heavy atom. The van der Waals surface area contributed by atoms with Crippen molar-refractivity contribution in [3.8, 4) is 0 Å². The molecule has 4 nitrogen and oxygen atoms in total. The number of rotatable bonds is 3. The van der Waals surface area contributed by atoms with Gasteiger partial charge in [0.2, 0.25) is 0 Å². The van der Waals surface area contributed by atoms with E-state index in [0.717, 1.165) is 0 Å². The minimum absolute atomic E-state index is 0. The Bertz CT molecular complexity index is 543. The molecule has 0 spiro atoms. The Labute approximate surface area is 166 Å². The first kappa shape index (κ1) is 27.9. The molecule has 0 aliphatic carbocycles. The molecular formula is C18H23O4Sn2. The molecule has 0 heterocycles. The van der Waals surface area contributed by atoms with E-state index in [4.69, 9.17) is 0 Å². The average molecular weight is 541 g/mol. The molecule has 127 valence electrons. The average Bonchev–Trinajstić information content (AvgIpc) is 2.51. The molecule has 0 bridgehead atoms. The van der Waals surface area contributed by atoms with E-state index in [1.807, 2.05) is 0 Å². The summed E-state index contributed by atoms with van der Waals surface area (Å²) < 4.78 is 4.59. The van der Waals surface area contributed by atoms with E-state index in [2.05, 4.69) is 91.0 Å². The van der Waals surface area contributed by atoms with Crippen LogP contribution in [0.5, 0.6) is 0 Å². The van der Waals surface area contributed by atoms with Gasteiger partial charge in [0.1, 0.15) is 0 Å². The standard InChI is InChI=1S/3C6H5.4H2O.2Sn/c3*1-2-4-6-5-3-1;;;;;;/h3*1-5H;4*1H2;;. The predicted molar refractivity (Wildman–Crippen MR) is 104 cm³/mol. The van der Waals surface area contributed by atoms with Gasteiger partial charge in [-0.2, -0.15) is 0 Å². The summed E-state index contributed by atoms with van der Waals surface area (Å²) in [4.78, 5) is 0. The molecule has 3 aromatic rings. The number of hydrogen-bond donors (Lipinski definition) is 0. The normalized spacial score (nSPS) is 8.38. The fourth-order valence-corrected chi connectivity index (χ4v) is 9.67. The summed E-state index contributed by atoms with van der Waals surface area (Å²) in [5.74, 6) is 0. The van der Waals surface area contributed by atoms with Crippen LogP contribution in [0.25, 0.3) is 0 Å². The topological polar surface area (TPSA) is 126 Å². The number of hydrogen-bond acceptors (Lipinski definition) is 0. The molecule has 0 saturated heterocycles. The fourth-order valence-electron chi connectivity index (χ4n) is 2.31. The molecule has 24 heavy (non-hydrogen) atoms. The van der Waals surface area contributed by atoms with Crippen molar-refractivity contribution < 1.29 is 21.9 Å². The van der Waals surface area contributed by atoms with Gasteiger partial charge in [-0.3, -0.25) is 0 Å². The molecule has 0 aromatic heterocycles. The minimum atomic E-state index is -1.98. The van der Waals surface area contributed by atoms with Crippen LogP contribution >= 0.6 is 0 Å². The van der Waals surface area contributed by atoms with Gasteiger partial charge < -0.3 is 21.9 Å². The second kappa shape index (κ2) is 14.4. The van der Waals surface area contributed by atoms with Gasteiger partial charge in [0.15, 0.2) is 0 Å². The van der Waals surface area contributed by atoms with Crippen LogP contribution in [0.2, 0.25) is 0 Å². The van der Waals surface area contributed by atoms with Crippen molar-refractivity contribution in [2.24, 2.45) is 0 Å². The zero-order chi connectivity index (χ0) is 12.9. The van der Waals surface area contributed by atoms with Crippen LogP contribution in [-0.4, -0.2) is 65.6 Å². The first-order valence-corrected chi connectivity index (χ1v) is 10.8. The van der Waals surface area contributed by atoms with Crippen molar-refractivity contribution >= 4 is 54.4 Å². The van der Waals surface area contributed by atoms with E-state index in [0.29, 0.717) is 0 Å². The van der Waals surface area contributed by atoms with Crippen LogP contribution in [0.3, 0.4) is 0 Å². The molecule has 0 saturated carbocycles. The van der Waals surface area contributed by atoms with Gasteiger partial charge in [-0.25, -0.2) is 0 Å². The number of benzene rings is 3. The van der Waals surface area contributed by atoms with Gasteiger partial charge in [-0.15, -0.1) is 0 Å². The van der Waals surface area contributed by atoms with Crippen LogP contribution in [-0.2, 0) is 0 Å². The zero-order valence-electron chi connectivity index (χ0n) is 13.2. The van der Waals surface area contributed by atoms with E-state index in [-0.39, 0.29) is 45.8 Å². The van der Waals surface area contributed by atoms with Gasteiger partial charge in [-0.05, 0) is 0 Å². The first-order valence-electron chi connectivity index (χ1n) is 6.48. The van der Waals surface area contributed by atoms with Crippen LogP contribution in [0.4, 0.5) is 0 Å². The molecule has 3 rings (SSSR count). The van der Waals surface area contributed by atoms with E-state index >= 15 is 0 Å². The molecule has 8 N–H and O–H groups in total. The second-order valence-electron chi connectivity index (χ2n) is 4.47. The van der Waals surface area contributed by atoms with Crippen LogP contribution < -0.4 is 10.7 Å². The van der Waals surface area contributed by atoms with Crippen LogP contribution in [0.15, 0.2) is 91.0 Å². The Hall–Kier alpha value is -0.903. The molecule has 0 atom stereocenters. The van der Waals surface area contributed by atoms with Gasteiger partial charge in [0.25, 0.3) is 0 Å². The van der Waals surface area contributed by atoms with Gasteiger partial charge in [0.05, 0.1) is 0 Å². The van der Waals surface area contributed by atoms with E-state index in [1.54, 1.807) is 0 Å². The molecule has 3 aromatic carbocycles. The van der Waals surface area contributed by atoms with E-state index < -0.39 is 19.8 Å². The molecule has 0 unspecified atom stereocenters. The second-order valence-corrected chi connectivity index (χ2v) is 11.6. The Morgan fingerprint density at radius 1 is 0.375 bits per heavy atom. The van der Waals surface area contributed by atoms with E-state index in [9.17, 15) is 0 Å². The first-order chi connectivity index (χ1) is 9.45. The van der Waals surface area contributed by atoms with Gasteiger partial charge in [0, 0.05) is 23.9 Å². The molecule has 6 heteroatoms. The Morgan fingerprint density at radius 3 is 0.792 bits per heavy atom. The zero-order valence-corrected chi connectivity index (χ0v) is 18.9. The van der Waals surface area contributed by atoms with Crippen molar-refractivity contribution in [1.29, 1.82) is 0 Å². The monoisotopic (exact) mass is 543 g/mol. The summed E-state index contributed by atoms with van der Waals surface area (Å²) in [6.45, 7) is 0. The van der Waals surface area contributed by atoms with Gasteiger partial charge >= 0.3 is 121 Å². The van der Waals surface area contributed by atoms with Crippen LogP contribution in [0.1, 0.15) is 0 Å². The predicted octanol–water partition coefficient (Wildman–Crippen LogP) is -1.48. The molecule has 5 radical (unpaired) electrons. The summed E-state index contributed by atoms with van der Waals surface area (Å²) >= 11 is -1.98. The van der Waals surface area contributed by atoms with Crippen molar-refractivity contribution in [2.45, 2.75) is 0 Å². The summed E-state index contributed by atoms with van der Waals surface area (Å²) in [7, 11) is 0. The summed E-state index contributed by atoms with van der Waals surface area (Å²) in [6, 6.07) is 32.9. The third-order valence-corrected chi connectivity index (χ3v) is 11.0. The maximum absolute atomic E-state index is 2.29. The Kier molecular flexibility index (Phi) is 16.8. The van der Waals surface area contributed by atoms with Crippen molar-refractivity contribution in [3.63, 3.8) is 0 Å². The van der Waals surface area contributed by atoms with Crippen LogP contribution in [0, 0.1) is 0 Å². The molecular weight excluding hydrogens is 518 g/mol. The third-order valence-electron chi connectivity index (χ3n) is 3.19. The summed E-state index contributed by atoms with van der Waals surface area (Å²) in [6.07, 6.45) is 0. The fraction of sp³-hybridized carbons (Fsp3) is 0. The SMILES string of the molecule is O.O.O.O.[Sn].c1cc[c]([Sn]([c]2ccccc2)[c]2ccccc2)cc1. The Balaban J connectivity index is -0.000000882. The molecule has 0 aliphatic rings. The third kappa shape index (κ3) is 6.92. The quantitative estimate of drug-likeness (QED) is 0.360. The van der Waals surface area contributed by atoms with Crippen molar-refractivity contribution in [2.75, 3.05) is 0 Å². The van der Waals surface area contributed by atoms with Crippen molar-refractivity contribution in [1.82, 2.24) is 0 Å². The van der Waals surface area contributed by atoms with Gasteiger partial charge in [-0.1, -0.05) is 0 Å². The summed E-state index contributed by atoms with van der Waals surface area (Å²) in [5.41, 5.74) is 0.